The summed E-state index contributed by atoms with van der Waals surface area (Å²) in [6.45, 7) is 2.76. The van der Waals surface area contributed by atoms with Gasteiger partial charge in [-0.2, -0.15) is 18.3 Å². The van der Waals surface area contributed by atoms with Crippen LogP contribution in [0.1, 0.15) is 29.0 Å². The molecule has 0 spiro atoms. The van der Waals surface area contributed by atoms with Crippen LogP contribution in [0.2, 0.25) is 5.02 Å². The van der Waals surface area contributed by atoms with Gasteiger partial charge in [0.1, 0.15) is 5.02 Å². The molecule has 0 aliphatic carbocycles. The van der Waals surface area contributed by atoms with E-state index in [4.69, 9.17) is 11.6 Å². The molecule has 5 rings (SSSR count). The van der Waals surface area contributed by atoms with Gasteiger partial charge in [-0.25, -0.2) is 9.50 Å². The van der Waals surface area contributed by atoms with Crippen molar-refractivity contribution >= 4 is 39.1 Å². The average Bonchev–Trinajstić information content (AvgIpc) is 3.36. The van der Waals surface area contributed by atoms with E-state index < -0.39 is 17.8 Å². The van der Waals surface area contributed by atoms with Gasteiger partial charge in [-0.1, -0.05) is 39.7 Å². The third kappa shape index (κ3) is 3.78. The number of fused-ring (bicyclic) bond motifs is 2. The lowest BCUT2D eigenvalue weighted by molar-refractivity contribution is -0.142. The van der Waals surface area contributed by atoms with Crippen molar-refractivity contribution in [2.45, 2.75) is 25.1 Å². The molecule has 4 heterocycles. The van der Waals surface area contributed by atoms with E-state index in [-0.39, 0.29) is 28.1 Å². The second-order valence-corrected chi connectivity index (χ2v) is 9.31. The third-order valence-corrected chi connectivity index (χ3v) is 6.92. The second-order valence-electron chi connectivity index (χ2n) is 8.01. The molecule has 1 atom stereocenters. The Morgan fingerprint density at radius 1 is 1.16 bits per heavy atom. The summed E-state index contributed by atoms with van der Waals surface area (Å²) in [7, 11) is 0. The first-order valence-corrected chi connectivity index (χ1v) is 11.3. The van der Waals surface area contributed by atoms with Crippen LogP contribution < -0.4 is 0 Å². The Morgan fingerprint density at radius 2 is 1.91 bits per heavy atom. The van der Waals surface area contributed by atoms with Crippen molar-refractivity contribution in [2.75, 3.05) is 26.2 Å². The molecule has 11 heteroatoms. The molecule has 168 valence electrons. The van der Waals surface area contributed by atoms with Gasteiger partial charge in [-0.3, -0.25) is 9.69 Å². The van der Waals surface area contributed by atoms with Crippen LogP contribution in [0.3, 0.4) is 0 Å². The van der Waals surface area contributed by atoms with Gasteiger partial charge < -0.3 is 4.90 Å². The summed E-state index contributed by atoms with van der Waals surface area (Å²) in [6.07, 6.45) is -2.63. The van der Waals surface area contributed by atoms with Crippen LogP contribution in [0.4, 0.5) is 13.2 Å². The molecule has 0 N–H and O–H groups in total. The van der Waals surface area contributed by atoms with Crippen molar-refractivity contribution in [3.05, 3.63) is 51.2 Å². The zero-order valence-electron chi connectivity index (χ0n) is 16.7. The van der Waals surface area contributed by atoms with Crippen LogP contribution in [-0.4, -0.2) is 62.5 Å². The zero-order valence-corrected chi connectivity index (χ0v) is 19.1. The van der Waals surface area contributed by atoms with Crippen LogP contribution in [-0.2, 0) is 6.18 Å². The van der Waals surface area contributed by atoms with E-state index in [1.807, 2.05) is 0 Å². The molecule has 6 nitrogen and oxygen atoms in total. The summed E-state index contributed by atoms with van der Waals surface area (Å²) in [5.74, 6) is -0.467. The molecule has 0 radical (unpaired) electrons. The SMILES string of the molecule is O=C(c1nn2c(C(F)(F)F)cc(-c3ccc(Br)cc3)nc2c1Cl)N1CCN2CCC[C@@H]2C1. The van der Waals surface area contributed by atoms with Crippen molar-refractivity contribution in [1.82, 2.24) is 24.4 Å². The number of hydrogen-bond donors (Lipinski definition) is 0. The molecule has 2 aliphatic heterocycles. The molecule has 0 bridgehead atoms. The van der Waals surface area contributed by atoms with Gasteiger partial charge in [-0.15, -0.1) is 0 Å². The number of carbonyl (C=O) groups excluding carboxylic acids is 1. The fourth-order valence-electron chi connectivity index (χ4n) is 4.42. The van der Waals surface area contributed by atoms with E-state index in [1.165, 1.54) is 0 Å². The van der Waals surface area contributed by atoms with E-state index in [1.54, 1.807) is 29.2 Å². The summed E-state index contributed by atoms with van der Waals surface area (Å²) >= 11 is 9.72. The van der Waals surface area contributed by atoms with Crippen molar-refractivity contribution in [2.24, 2.45) is 0 Å². The first kappa shape index (κ1) is 21.7. The van der Waals surface area contributed by atoms with Gasteiger partial charge >= 0.3 is 6.18 Å². The lowest BCUT2D eigenvalue weighted by Crippen LogP contribution is -2.52. The van der Waals surface area contributed by atoms with E-state index in [0.29, 0.717) is 23.2 Å². The van der Waals surface area contributed by atoms with Crippen LogP contribution in [0.15, 0.2) is 34.8 Å². The number of hydrogen-bond acceptors (Lipinski definition) is 4. The Kier molecular flexibility index (Phi) is 5.42. The number of alkyl halides is 3. The summed E-state index contributed by atoms with van der Waals surface area (Å²) in [6, 6.07) is 7.93. The number of nitrogens with zero attached hydrogens (tertiary/aromatic N) is 5. The fourth-order valence-corrected chi connectivity index (χ4v) is 4.93. The van der Waals surface area contributed by atoms with E-state index in [2.05, 4.69) is 30.9 Å². The van der Waals surface area contributed by atoms with Gasteiger partial charge in [0.05, 0.1) is 5.69 Å². The Bertz CT molecular complexity index is 1200. The predicted octanol–water partition coefficient (Wildman–Crippen LogP) is 4.75. The lowest BCUT2D eigenvalue weighted by Gasteiger charge is -2.37. The quantitative estimate of drug-likeness (QED) is 0.482. The maximum atomic E-state index is 13.9. The molecule has 0 unspecified atom stereocenters. The monoisotopic (exact) mass is 527 g/mol. The molecular formula is C21H18BrClF3N5O. The van der Waals surface area contributed by atoms with Crippen LogP contribution in [0.25, 0.3) is 16.9 Å². The van der Waals surface area contributed by atoms with Crippen LogP contribution >= 0.6 is 27.5 Å². The smallest absolute Gasteiger partial charge is 0.334 e. The standard InChI is InChI=1S/C21H18BrClF3N5O/c22-13-5-3-12(4-6-13)15-10-16(21(24,25)26)31-19(27-15)17(23)18(28-31)20(32)30-9-8-29-7-1-2-14(29)11-30/h3-6,10,14H,1-2,7-9,11H2/t14-/m1/s1. The highest BCUT2D eigenvalue weighted by molar-refractivity contribution is 9.10. The largest absolute Gasteiger partial charge is 0.433 e. The summed E-state index contributed by atoms with van der Waals surface area (Å²) in [5, 5.41) is 3.81. The minimum atomic E-state index is -4.71. The number of aromatic nitrogens is 3. The normalized spacial score (nSPS) is 19.5. The number of amides is 1. The molecule has 1 amide bonds. The van der Waals surface area contributed by atoms with Gasteiger partial charge in [0.25, 0.3) is 5.91 Å². The highest BCUT2D eigenvalue weighted by Gasteiger charge is 2.38. The van der Waals surface area contributed by atoms with Crippen molar-refractivity contribution in [3.8, 4) is 11.3 Å². The third-order valence-electron chi connectivity index (χ3n) is 6.04. The Balaban J connectivity index is 1.58. The Labute approximate surface area is 195 Å². The van der Waals surface area contributed by atoms with Crippen molar-refractivity contribution in [1.29, 1.82) is 0 Å². The van der Waals surface area contributed by atoms with E-state index in [0.717, 1.165) is 36.5 Å². The summed E-state index contributed by atoms with van der Waals surface area (Å²) in [5.41, 5.74) is -0.852. The highest BCUT2D eigenvalue weighted by atomic mass is 79.9. The first-order chi connectivity index (χ1) is 15.2. The number of piperazine rings is 1. The predicted molar refractivity (Wildman–Crippen MR) is 117 cm³/mol. The Hall–Kier alpha value is -2.17. The molecule has 32 heavy (non-hydrogen) atoms. The highest BCUT2D eigenvalue weighted by Crippen LogP contribution is 2.35. The fraction of sp³-hybridized carbons (Fsp3) is 0.381. The Morgan fingerprint density at radius 3 is 2.62 bits per heavy atom. The van der Waals surface area contributed by atoms with Crippen LogP contribution in [0, 0.1) is 0 Å². The molecule has 2 saturated heterocycles. The molecule has 3 aromatic rings. The molecule has 2 fully saturated rings. The van der Waals surface area contributed by atoms with Gasteiger partial charge in [-0.05, 0) is 37.6 Å². The number of benzene rings is 1. The van der Waals surface area contributed by atoms with Crippen molar-refractivity contribution < 1.29 is 18.0 Å². The molecule has 1 aromatic carbocycles. The molecule has 2 aliphatic rings. The minimum Gasteiger partial charge on any atom is -0.334 e. The molecule has 2 aromatic heterocycles. The average molecular weight is 529 g/mol. The lowest BCUT2D eigenvalue weighted by atomic mass is 10.1. The summed E-state index contributed by atoms with van der Waals surface area (Å²) < 4.78 is 43.1. The zero-order chi connectivity index (χ0) is 22.6. The first-order valence-electron chi connectivity index (χ1n) is 10.2. The maximum Gasteiger partial charge on any atom is 0.433 e. The van der Waals surface area contributed by atoms with E-state index in [9.17, 15) is 18.0 Å². The molecule has 0 saturated carbocycles. The minimum absolute atomic E-state index is 0.0951. The van der Waals surface area contributed by atoms with Gasteiger partial charge in [0.2, 0.25) is 0 Å². The van der Waals surface area contributed by atoms with Gasteiger partial charge in [0, 0.05) is 35.7 Å². The number of carbonyl (C=O) groups is 1. The topological polar surface area (TPSA) is 53.7 Å². The van der Waals surface area contributed by atoms with E-state index >= 15 is 0 Å². The maximum absolute atomic E-state index is 13.9. The van der Waals surface area contributed by atoms with Crippen LogP contribution in [0.5, 0.6) is 0 Å². The van der Waals surface area contributed by atoms with Crippen molar-refractivity contribution in [3.63, 3.8) is 0 Å². The molecular weight excluding hydrogens is 511 g/mol. The number of rotatable bonds is 2. The summed E-state index contributed by atoms with van der Waals surface area (Å²) in [4.78, 5) is 21.5. The second kappa shape index (κ2) is 8.00. The number of halogens is 5. The van der Waals surface area contributed by atoms with Gasteiger partial charge in [0.15, 0.2) is 17.0 Å².